The summed E-state index contributed by atoms with van der Waals surface area (Å²) in [6.45, 7) is 1.44. The number of ether oxygens (including phenoxy) is 1. The van der Waals surface area contributed by atoms with Crippen molar-refractivity contribution in [1.29, 1.82) is 0 Å². The Hall–Kier alpha value is -0.460. The van der Waals surface area contributed by atoms with Gasteiger partial charge in [-0.1, -0.05) is 39.0 Å². The zero-order valence-electron chi connectivity index (χ0n) is 12.8. The maximum absolute atomic E-state index is 11.4. The van der Waals surface area contributed by atoms with E-state index in [9.17, 15) is 14.5 Å². The first-order valence-electron chi connectivity index (χ1n) is 7.28. The Balaban J connectivity index is 3.57. The summed E-state index contributed by atoms with van der Waals surface area (Å²) in [5.41, 5.74) is 0. The molecular weight excluding hydrogens is 299 g/mol. The Morgan fingerprint density at radius 3 is 2.38 bits per heavy atom. The lowest BCUT2D eigenvalue weighted by Crippen LogP contribution is -2.23. The summed E-state index contributed by atoms with van der Waals surface area (Å²) in [6.07, 6.45) is 5.61. The highest BCUT2D eigenvalue weighted by Crippen LogP contribution is 2.41. The Bertz CT molecular complexity index is 322. The molecule has 126 valence electrons. The molecule has 21 heavy (non-hydrogen) atoms. The molecule has 0 rings (SSSR count). The SMILES string of the molecule is CCCCCCCCC(=O)OC[C@@H](O)COP(=O)(O)OC. The number of hydrogen-bond acceptors (Lipinski definition) is 6. The number of aliphatic hydroxyl groups is 1. The molecule has 2 atom stereocenters. The van der Waals surface area contributed by atoms with E-state index in [1.165, 1.54) is 19.3 Å². The monoisotopic (exact) mass is 326 g/mol. The van der Waals surface area contributed by atoms with Gasteiger partial charge in [0, 0.05) is 13.5 Å². The first-order valence-corrected chi connectivity index (χ1v) is 8.77. The van der Waals surface area contributed by atoms with Gasteiger partial charge in [-0.2, -0.15) is 0 Å². The molecule has 0 heterocycles. The van der Waals surface area contributed by atoms with Crippen LogP contribution in [0.2, 0.25) is 0 Å². The smallest absolute Gasteiger partial charge is 0.463 e. The summed E-state index contributed by atoms with van der Waals surface area (Å²) >= 11 is 0. The van der Waals surface area contributed by atoms with Crippen molar-refractivity contribution in [1.82, 2.24) is 0 Å². The zero-order chi connectivity index (χ0) is 16.1. The van der Waals surface area contributed by atoms with Crippen LogP contribution in [0.3, 0.4) is 0 Å². The number of aliphatic hydroxyl groups excluding tert-OH is 1. The van der Waals surface area contributed by atoms with Crippen LogP contribution in [-0.2, 0) is 23.1 Å². The maximum Gasteiger partial charge on any atom is 0.472 e. The van der Waals surface area contributed by atoms with Crippen molar-refractivity contribution in [2.45, 2.75) is 58.0 Å². The third-order valence-corrected chi connectivity index (χ3v) is 3.77. The molecule has 2 N–H and O–H groups in total. The van der Waals surface area contributed by atoms with Crippen LogP contribution >= 0.6 is 7.82 Å². The second-order valence-electron chi connectivity index (χ2n) is 4.80. The van der Waals surface area contributed by atoms with Crippen LogP contribution in [0.1, 0.15) is 51.9 Å². The van der Waals surface area contributed by atoms with Crippen LogP contribution in [0.15, 0.2) is 0 Å². The molecule has 0 aromatic heterocycles. The van der Waals surface area contributed by atoms with Crippen molar-refractivity contribution in [3.63, 3.8) is 0 Å². The molecule has 0 aliphatic heterocycles. The van der Waals surface area contributed by atoms with Crippen LogP contribution in [0.25, 0.3) is 0 Å². The summed E-state index contributed by atoms with van der Waals surface area (Å²) in [5.74, 6) is -0.386. The Kier molecular flexibility index (Phi) is 11.9. The van der Waals surface area contributed by atoms with E-state index in [2.05, 4.69) is 16.0 Å². The highest BCUT2D eigenvalue weighted by atomic mass is 31.2. The molecule has 0 spiro atoms. The highest BCUT2D eigenvalue weighted by molar-refractivity contribution is 7.47. The lowest BCUT2D eigenvalue weighted by Gasteiger charge is -2.13. The first kappa shape index (κ1) is 20.5. The van der Waals surface area contributed by atoms with E-state index in [0.717, 1.165) is 26.4 Å². The lowest BCUT2D eigenvalue weighted by molar-refractivity contribution is -0.147. The molecule has 0 amide bonds. The van der Waals surface area contributed by atoms with Crippen molar-refractivity contribution < 1.29 is 33.1 Å². The van der Waals surface area contributed by atoms with E-state index in [4.69, 9.17) is 9.63 Å². The summed E-state index contributed by atoms with van der Waals surface area (Å²) in [5, 5.41) is 9.44. The predicted molar refractivity (Wildman–Crippen MR) is 77.7 cm³/mol. The minimum absolute atomic E-state index is 0.265. The second kappa shape index (κ2) is 12.1. The number of phosphoric acid groups is 1. The van der Waals surface area contributed by atoms with Crippen LogP contribution in [0, 0.1) is 0 Å². The molecule has 0 aliphatic carbocycles. The van der Waals surface area contributed by atoms with Crippen molar-refractivity contribution in [3.8, 4) is 0 Å². The average Bonchev–Trinajstić information content (AvgIpc) is 2.46. The molecule has 1 unspecified atom stereocenters. The van der Waals surface area contributed by atoms with Gasteiger partial charge in [0.2, 0.25) is 0 Å². The fraction of sp³-hybridized carbons (Fsp3) is 0.923. The van der Waals surface area contributed by atoms with Crippen molar-refractivity contribution in [3.05, 3.63) is 0 Å². The van der Waals surface area contributed by atoms with Gasteiger partial charge in [-0.25, -0.2) is 4.57 Å². The van der Waals surface area contributed by atoms with Crippen LogP contribution in [0.5, 0.6) is 0 Å². The molecule has 0 fully saturated rings. The minimum Gasteiger partial charge on any atom is -0.463 e. The molecule has 0 radical (unpaired) electrons. The summed E-state index contributed by atoms with van der Waals surface area (Å²) in [6, 6.07) is 0. The molecule has 0 aliphatic rings. The summed E-state index contributed by atoms with van der Waals surface area (Å²) in [4.78, 5) is 20.3. The second-order valence-corrected chi connectivity index (χ2v) is 6.36. The molecule has 0 aromatic rings. The maximum atomic E-state index is 11.4. The predicted octanol–water partition coefficient (Wildman–Crippen LogP) is 2.40. The average molecular weight is 326 g/mol. The van der Waals surface area contributed by atoms with Crippen LogP contribution < -0.4 is 0 Å². The molecule has 7 nitrogen and oxygen atoms in total. The fourth-order valence-corrected chi connectivity index (χ4v) is 2.06. The first-order chi connectivity index (χ1) is 9.91. The van der Waals surface area contributed by atoms with Crippen LogP contribution in [0.4, 0.5) is 0 Å². The quantitative estimate of drug-likeness (QED) is 0.304. The Morgan fingerprint density at radius 2 is 1.76 bits per heavy atom. The minimum atomic E-state index is -4.11. The van der Waals surface area contributed by atoms with E-state index in [1.54, 1.807) is 0 Å². The normalized spacial score (nSPS) is 15.4. The van der Waals surface area contributed by atoms with Gasteiger partial charge in [0.1, 0.15) is 12.7 Å². The van der Waals surface area contributed by atoms with Gasteiger partial charge in [0.15, 0.2) is 0 Å². The standard InChI is InChI=1S/C13H27O7P/c1-3-4-5-6-7-8-9-13(15)19-10-12(14)11-20-21(16,17)18-2/h12,14H,3-11H2,1-2H3,(H,16,17)/t12-/m1/s1. The number of phosphoric ester groups is 1. The number of hydrogen-bond donors (Lipinski definition) is 2. The van der Waals surface area contributed by atoms with Gasteiger partial charge in [-0.15, -0.1) is 0 Å². The van der Waals surface area contributed by atoms with Gasteiger partial charge in [0.25, 0.3) is 0 Å². The number of carbonyl (C=O) groups excluding carboxylic acids is 1. The number of rotatable bonds is 13. The Labute approximate surface area is 126 Å². The number of carbonyl (C=O) groups is 1. The van der Waals surface area contributed by atoms with E-state index in [1.807, 2.05) is 0 Å². The van der Waals surface area contributed by atoms with Gasteiger partial charge < -0.3 is 14.7 Å². The zero-order valence-corrected chi connectivity index (χ0v) is 13.7. The van der Waals surface area contributed by atoms with Gasteiger partial charge in [-0.3, -0.25) is 13.8 Å². The van der Waals surface area contributed by atoms with Gasteiger partial charge >= 0.3 is 13.8 Å². The highest BCUT2D eigenvalue weighted by Gasteiger charge is 2.21. The van der Waals surface area contributed by atoms with Gasteiger partial charge in [0.05, 0.1) is 6.61 Å². The molecular formula is C13H27O7P. The topological polar surface area (TPSA) is 102 Å². The lowest BCUT2D eigenvalue weighted by atomic mass is 10.1. The third kappa shape index (κ3) is 13.0. The van der Waals surface area contributed by atoms with Crippen molar-refractivity contribution in [2.75, 3.05) is 20.3 Å². The summed E-state index contributed by atoms with van der Waals surface area (Å²) in [7, 11) is -3.08. The van der Waals surface area contributed by atoms with Crippen molar-refractivity contribution in [2.24, 2.45) is 0 Å². The largest absolute Gasteiger partial charge is 0.472 e. The molecule has 8 heteroatoms. The molecule has 0 bridgehead atoms. The van der Waals surface area contributed by atoms with Crippen molar-refractivity contribution >= 4 is 13.8 Å². The number of esters is 1. The molecule has 0 aromatic carbocycles. The Morgan fingerprint density at radius 1 is 1.14 bits per heavy atom. The summed E-state index contributed by atoms with van der Waals surface area (Å²) < 4.78 is 24.4. The van der Waals surface area contributed by atoms with Crippen LogP contribution in [-0.4, -0.2) is 42.4 Å². The third-order valence-electron chi connectivity index (χ3n) is 2.83. The van der Waals surface area contributed by atoms with E-state index in [0.29, 0.717) is 6.42 Å². The fourth-order valence-electron chi connectivity index (χ4n) is 1.59. The van der Waals surface area contributed by atoms with Gasteiger partial charge in [-0.05, 0) is 6.42 Å². The number of unbranched alkanes of at least 4 members (excludes halogenated alkanes) is 5. The van der Waals surface area contributed by atoms with E-state index < -0.39 is 20.5 Å². The van der Waals surface area contributed by atoms with E-state index >= 15 is 0 Å². The molecule has 0 saturated carbocycles. The molecule has 0 saturated heterocycles. The van der Waals surface area contributed by atoms with E-state index in [-0.39, 0.29) is 12.6 Å².